The van der Waals surface area contributed by atoms with Gasteiger partial charge in [-0.25, -0.2) is 4.98 Å². The normalized spacial score (nSPS) is 10.9. The average molecular weight is 245 g/mol. The van der Waals surface area contributed by atoms with Crippen LogP contribution in [-0.4, -0.2) is 10.9 Å². The number of aromatic nitrogens is 1. The Morgan fingerprint density at radius 2 is 2.53 bits per heavy atom. The van der Waals surface area contributed by atoms with Crippen molar-refractivity contribution in [2.75, 3.05) is 5.32 Å². The number of furan rings is 1. The van der Waals surface area contributed by atoms with Crippen LogP contribution >= 0.6 is 11.3 Å². The van der Waals surface area contributed by atoms with Crippen molar-refractivity contribution >= 4 is 28.5 Å². The molecule has 1 amide bonds. The van der Waals surface area contributed by atoms with Crippen molar-refractivity contribution in [3.8, 4) is 6.07 Å². The molecule has 0 fully saturated rings. The van der Waals surface area contributed by atoms with Crippen LogP contribution in [0.1, 0.15) is 5.56 Å². The highest BCUT2D eigenvalue weighted by Crippen LogP contribution is 2.13. The van der Waals surface area contributed by atoms with Gasteiger partial charge in [-0.15, -0.1) is 11.3 Å². The number of rotatable bonds is 3. The predicted molar refractivity (Wildman–Crippen MR) is 63.0 cm³/mol. The van der Waals surface area contributed by atoms with Gasteiger partial charge in [0.15, 0.2) is 5.13 Å². The van der Waals surface area contributed by atoms with Crippen LogP contribution in [0, 0.1) is 11.3 Å². The SMILES string of the molecule is N#C/C(=C\c1ccoc1)C(=O)Nc1nccs1. The van der Waals surface area contributed by atoms with Crippen molar-refractivity contribution in [3.05, 3.63) is 41.3 Å². The van der Waals surface area contributed by atoms with E-state index in [1.54, 1.807) is 17.6 Å². The van der Waals surface area contributed by atoms with E-state index in [1.807, 2.05) is 6.07 Å². The molecule has 0 aromatic carbocycles. The first-order valence-corrected chi connectivity index (χ1v) is 5.52. The quantitative estimate of drug-likeness (QED) is 0.664. The van der Waals surface area contributed by atoms with Gasteiger partial charge in [-0.3, -0.25) is 10.1 Å². The van der Waals surface area contributed by atoms with Crippen LogP contribution in [0.25, 0.3) is 6.08 Å². The molecule has 6 heteroatoms. The summed E-state index contributed by atoms with van der Waals surface area (Å²) in [5, 5.41) is 13.6. The number of amides is 1. The number of nitrogens with one attached hydrogen (secondary N) is 1. The Morgan fingerprint density at radius 1 is 1.65 bits per heavy atom. The Morgan fingerprint density at radius 3 is 3.12 bits per heavy atom. The van der Waals surface area contributed by atoms with E-state index in [0.29, 0.717) is 10.7 Å². The van der Waals surface area contributed by atoms with Crippen molar-refractivity contribution in [3.63, 3.8) is 0 Å². The molecule has 0 radical (unpaired) electrons. The molecule has 0 saturated heterocycles. The fourth-order valence-electron chi connectivity index (χ4n) is 1.12. The monoisotopic (exact) mass is 245 g/mol. The molecule has 1 N–H and O–H groups in total. The minimum atomic E-state index is -0.483. The second-order valence-electron chi connectivity index (χ2n) is 3.02. The zero-order valence-electron chi connectivity index (χ0n) is 8.58. The summed E-state index contributed by atoms with van der Waals surface area (Å²) < 4.78 is 4.85. The zero-order valence-corrected chi connectivity index (χ0v) is 9.40. The van der Waals surface area contributed by atoms with Crippen molar-refractivity contribution in [2.45, 2.75) is 0 Å². The van der Waals surface area contributed by atoms with Crippen molar-refractivity contribution in [1.29, 1.82) is 5.26 Å². The summed E-state index contributed by atoms with van der Waals surface area (Å²) in [6.45, 7) is 0. The maximum absolute atomic E-state index is 11.7. The molecule has 0 atom stereocenters. The van der Waals surface area contributed by atoms with Crippen molar-refractivity contribution in [1.82, 2.24) is 4.98 Å². The van der Waals surface area contributed by atoms with E-state index >= 15 is 0 Å². The minimum absolute atomic E-state index is 0.00148. The fraction of sp³-hybridized carbons (Fsp3) is 0. The number of carbonyl (C=O) groups is 1. The predicted octanol–water partition coefficient (Wildman–Crippen LogP) is 2.28. The number of hydrogen-bond acceptors (Lipinski definition) is 5. The number of carbonyl (C=O) groups excluding carboxylic acids is 1. The summed E-state index contributed by atoms with van der Waals surface area (Å²) in [4.78, 5) is 15.6. The van der Waals surface area contributed by atoms with E-state index in [9.17, 15) is 4.79 Å². The Labute approximate surface area is 101 Å². The van der Waals surface area contributed by atoms with Gasteiger partial charge in [-0.05, 0) is 12.1 Å². The first-order chi connectivity index (χ1) is 8.29. The van der Waals surface area contributed by atoms with Crippen LogP contribution in [0.5, 0.6) is 0 Å². The zero-order chi connectivity index (χ0) is 12.1. The lowest BCUT2D eigenvalue weighted by Gasteiger charge is -1.98. The van der Waals surface area contributed by atoms with Gasteiger partial charge >= 0.3 is 0 Å². The third-order valence-corrected chi connectivity index (χ3v) is 2.56. The molecule has 2 rings (SSSR count). The number of hydrogen-bond donors (Lipinski definition) is 1. The maximum atomic E-state index is 11.7. The van der Waals surface area contributed by atoms with Gasteiger partial charge in [0, 0.05) is 17.1 Å². The first kappa shape index (κ1) is 11.1. The second kappa shape index (κ2) is 5.09. The highest BCUT2D eigenvalue weighted by Gasteiger charge is 2.10. The highest BCUT2D eigenvalue weighted by molar-refractivity contribution is 7.13. The van der Waals surface area contributed by atoms with Gasteiger partial charge in [0.05, 0.1) is 12.5 Å². The third kappa shape index (κ3) is 2.80. The lowest BCUT2D eigenvalue weighted by Crippen LogP contribution is -2.13. The molecule has 0 unspecified atom stereocenters. The third-order valence-electron chi connectivity index (χ3n) is 1.87. The largest absolute Gasteiger partial charge is 0.472 e. The number of anilines is 1. The van der Waals surface area contributed by atoms with Gasteiger partial charge < -0.3 is 4.42 Å². The Balaban J connectivity index is 2.14. The summed E-state index contributed by atoms with van der Waals surface area (Å²) in [5.41, 5.74) is 0.664. The van der Waals surface area contributed by atoms with Crippen LogP contribution in [0.3, 0.4) is 0 Å². The number of thiazole rings is 1. The number of nitriles is 1. The topological polar surface area (TPSA) is 78.9 Å². The van der Waals surface area contributed by atoms with E-state index in [-0.39, 0.29) is 5.57 Å². The van der Waals surface area contributed by atoms with E-state index in [1.165, 1.54) is 29.9 Å². The summed E-state index contributed by atoms with van der Waals surface area (Å²) in [5.74, 6) is -0.483. The van der Waals surface area contributed by atoms with Crippen LogP contribution in [0.15, 0.2) is 40.2 Å². The van der Waals surface area contributed by atoms with Crippen molar-refractivity contribution < 1.29 is 9.21 Å². The molecule has 0 aliphatic carbocycles. The maximum Gasteiger partial charge on any atom is 0.268 e. The molecule has 2 aromatic heterocycles. The van der Waals surface area contributed by atoms with E-state index in [4.69, 9.17) is 9.68 Å². The molecule has 2 aromatic rings. The molecule has 0 bridgehead atoms. The Bertz CT molecular complexity index is 564. The lowest BCUT2D eigenvalue weighted by molar-refractivity contribution is -0.112. The molecule has 2 heterocycles. The minimum Gasteiger partial charge on any atom is -0.472 e. The van der Waals surface area contributed by atoms with Crippen LogP contribution in [0.2, 0.25) is 0 Å². The molecule has 5 nitrogen and oxygen atoms in total. The van der Waals surface area contributed by atoms with Gasteiger partial charge in [-0.2, -0.15) is 5.26 Å². The summed E-state index contributed by atoms with van der Waals surface area (Å²) >= 11 is 1.29. The first-order valence-electron chi connectivity index (χ1n) is 4.64. The molecule has 84 valence electrons. The molecule has 0 saturated carbocycles. The number of nitrogens with zero attached hydrogens (tertiary/aromatic N) is 2. The summed E-state index contributed by atoms with van der Waals surface area (Å²) in [6, 6.07) is 3.50. The molecule has 0 aliphatic rings. The molecule has 0 spiro atoms. The summed E-state index contributed by atoms with van der Waals surface area (Å²) in [7, 11) is 0. The Hall–Kier alpha value is -2.39. The standard InChI is InChI=1S/C11H7N3O2S/c12-6-9(5-8-1-3-16-7-8)10(15)14-11-13-2-4-17-11/h1-5,7H,(H,13,14,15)/b9-5+. The Kier molecular flexibility index (Phi) is 3.33. The van der Waals surface area contributed by atoms with Crippen molar-refractivity contribution in [2.24, 2.45) is 0 Å². The molecular formula is C11H7N3O2S. The average Bonchev–Trinajstić information content (AvgIpc) is 2.97. The smallest absolute Gasteiger partial charge is 0.268 e. The van der Waals surface area contributed by atoms with Gasteiger partial charge in [-0.1, -0.05) is 0 Å². The van der Waals surface area contributed by atoms with Gasteiger partial charge in [0.2, 0.25) is 0 Å². The molecule has 0 aliphatic heterocycles. The fourth-order valence-corrected chi connectivity index (χ4v) is 1.65. The van der Waals surface area contributed by atoms with Gasteiger partial charge in [0.25, 0.3) is 5.91 Å². The molecule has 17 heavy (non-hydrogen) atoms. The van der Waals surface area contributed by atoms with E-state index < -0.39 is 5.91 Å². The summed E-state index contributed by atoms with van der Waals surface area (Å²) in [6.07, 6.45) is 5.95. The van der Waals surface area contributed by atoms with Crippen LogP contribution < -0.4 is 5.32 Å². The van der Waals surface area contributed by atoms with E-state index in [0.717, 1.165) is 0 Å². The van der Waals surface area contributed by atoms with E-state index in [2.05, 4.69) is 10.3 Å². The van der Waals surface area contributed by atoms with Crippen LogP contribution in [-0.2, 0) is 4.79 Å². The van der Waals surface area contributed by atoms with Gasteiger partial charge in [0.1, 0.15) is 11.6 Å². The second-order valence-corrected chi connectivity index (χ2v) is 3.91. The van der Waals surface area contributed by atoms with Crippen LogP contribution in [0.4, 0.5) is 5.13 Å². The highest BCUT2D eigenvalue weighted by atomic mass is 32.1. The molecular weight excluding hydrogens is 238 g/mol. The lowest BCUT2D eigenvalue weighted by atomic mass is 10.2.